The molecule has 7 nitrogen and oxygen atoms in total. The molecule has 0 atom stereocenters. The van der Waals surface area contributed by atoms with Gasteiger partial charge in [0.05, 0.1) is 11.4 Å². The largest absolute Gasteiger partial charge is 0.419 e. The third kappa shape index (κ3) is 4.10. The van der Waals surface area contributed by atoms with Gasteiger partial charge in [0.15, 0.2) is 9.84 Å². The summed E-state index contributed by atoms with van der Waals surface area (Å²) in [7, 11) is -3.37. The van der Waals surface area contributed by atoms with Gasteiger partial charge >= 0.3 is 0 Å². The molecule has 3 aromatic rings. The van der Waals surface area contributed by atoms with E-state index in [1.807, 2.05) is 30.3 Å². The highest BCUT2D eigenvalue weighted by atomic mass is 32.2. The predicted molar refractivity (Wildman–Crippen MR) is 90.5 cm³/mol. The van der Waals surface area contributed by atoms with E-state index >= 15 is 0 Å². The summed E-state index contributed by atoms with van der Waals surface area (Å²) in [5.41, 5.74) is 1.03. The first-order chi connectivity index (χ1) is 11.9. The molecule has 0 radical (unpaired) electrons. The number of benzene rings is 2. The molecular formula is C17H15N3O4S. The van der Waals surface area contributed by atoms with Crippen LogP contribution < -0.4 is 5.32 Å². The Morgan fingerprint density at radius 2 is 1.84 bits per heavy atom. The van der Waals surface area contributed by atoms with Crippen molar-refractivity contribution in [2.45, 2.75) is 11.4 Å². The van der Waals surface area contributed by atoms with E-state index in [0.29, 0.717) is 5.89 Å². The molecule has 0 saturated carbocycles. The summed E-state index contributed by atoms with van der Waals surface area (Å²) < 4.78 is 28.6. The van der Waals surface area contributed by atoms with Gasteiger partial charge in [-0.05, 0) is 30.3 Å². The van der Waals surface area contributed by atoms with Gasteiger partial charge in [-0.3, -0.25) is 4.79 Å². The van der Waals surface area contributed by atoms with E-state index in [4.69, 9.17) is 4.42 Å². The first-order valence-corrected chi connectivity index (χ1v) is 9.29. The Balaban J connectivity index is 1.68. The molecule has 0 aliphatic heterocycles. The lowest BCUT2D eigenvalue weighted by Crippen LogP contribution is -2.23. The Morgan fingerprint density at radius 3 is 2.56 bits per heavy atom. The van der Waals surface area contributed by atoms with Crippen LogP contribution in [0.15, 0.2) is 63.9 Å². The van der Waals surface area contributed by atoms with Crippen molar-refractivity contribution in [2.75, 3.05) is 6.26 Å². The van der Waals surface area contributed by atoms with Crippen molar-refractivity contribution in [3.8, 4) is 11.5 Å². The van der Waals surface area contributed by atoms with Crippen LogP contribution in [0.1, 0.15) is 16.2 Å². The van der Waals surface area contributed by atoms with Crippen LogP contribution in [0.2, 0.25) is 0 Å². The molecule has 25 heavy (non-hydrogen) atoms. The SMILES string of the molecule is CS(=O)(=O)c1cccc(C(=O)NCc2nnc(-c3ccccc3)o2)c1. The second kappa shape index (κ2) is 6.86. The molecule has 0 saturated heterocycles. The minimum Gasteiger partial charge on any atom is -0.419 e. The molecule has 3 rings (SSSR count). The lowest BCUT2D eigenvalue weighted by molar-refractivity contribution is 0.0947. The monoisotopic (exact) mass is 357 g/mol. The van der Waals surface area contributed by atoms with Crippen molar-refractivity contribution in [1.82, 2.24) is 15.5 Å². The van der Waals surface area contributed by atoms with Gasteiger partial charge in [-0.25, -0.2) is 8.42 Å². The summed E-state index contributed by atoms with van der Waals surface area (Å²) >= 11 is 0. The van der Waals surface area contributed by atoms with E-state index in [-0.39, 0.29) is 22.9 Å². The molecule has 2 aromatic carbocycles. The molecule has 8 heteroatoms. The van der Waals surface area contributed by atoms with Gasteiger partial charge in [-0.2, -0.15) is 0 Å². The molecular weight excluding hydrogens is 342 g/mol. The second-order valence-electron chi connectivity index (χ2n) is 5.35. The number of carbonyl (C=O) groups excluding carboxylic acids is 1. The molecule has 0 aliphatic carbocycles. The van der Waals surface area contributed by atoms with Crippen LogP contribution in [0.5, 0.6) is 0 Å². The van der Waals surface area contributed by atoms with E-state index in [1.165, 1.54) is 24.3 Å². The smallest absolute Gasteiger partial charge is 0.251 e. The summed E-state index contributed by atoms with van der Waals surface area (Å²) in [5, 5.41) is 10.5. The summed E-state index contributed by atoms with van der Waals surface area (Å²) in [6, 6.07) is 15.1. The van der Waals surface area contributed by atoms with Crippen molar-refractivity contribution in [3.63, 3.8) is 0 Å². The third-order valence-electron chi connectivity index (χ3n) is 3.41. The predicted octanol–water partition coefficient (Wildman–Crippen LogP) is 2.07. The van der Waals surface area contributed by atoms with Crippen LogP contribution in [-0.2, 0) is 16.4 Å². The molecule has 128 valence electrons. The number of carbonyl (C=O) groups is 1. The van der Waals surface area contributed by atoms with Crippen molar-refractivity contribution >= 4 is 15.7 Å². The highest BCUT2D eigenvalue weighted by molar-refractivity contribution is 7.90. The maximum absolute atomic E-state index is 12.2. The average molecular weight is 357 g/mol. The Hall–Kier alpha value is -3.00. The van der Waals surface area contributed by atoms with Gasteiger partial charge in [0.1, 0.15) is 0 Å². The maximum atomic E-state index is 12.2. The Labute approximate surface area is 144 Å². The van der Waals surface area contributed by atoms with Crippen molar-refractivity contribution in [1.29, 1.82) is 0 Å². The maximum Gasteiger partial charge on any atom is 0.251 e. The van der Waals surface area contributed by atoms with Crippen LogP contribution >= 0.6 is 0 Å². The van der Waals surface area contributed by atoms with Gasteiger partial charge in [0.25, 0.3) is 5.91 Å². The van der Waals surface area contributed by atoms with Gasteiger partial charge in [-0.15, -0.1) is 10.2 Å². The zero-order valence-corrected chi connectivity index (χ0v) is 14.2. The van der Waals surface area contributed by atoms with E-state index in [9.17, 15) is 13.2 Å². The standard InChI is InChI=1S/C17H15N3O4S/c1-25(22,23)14-9-5-8-13(10-14)16(21)18-11-15-19-20-17(24-15)12-6-3-2-4-7-12/h2-10H,11H2,1H3,(H,18,21). The number of sulfone groups is 1. The van der Waals surface area contributed by atoms with Gasteiger partial charge < -0.3 is 9.73 Å². The highest BCUT2D eigenvalue weighted by Gasteiger charge is 2.13. The fourth-order valence-corrected chi connectivity index (χ4v) is 2.82. The number of rotatable bonds is 5. The summed E-state index contributed by atoms with van der Waals surface area (Å²) in [6.07, 6.45) is 1.09. The summed E-state index contributed by atoms with van der Waals surface area (Å²) in [6.45, 7) is 0.0434. The Morgan fingerprint density at radius 1 is 1.08 bits per heavy atom. The molecule has 0 bridgehead atoms. The summed E-state index contributed by atoms with van der Waals surface area (Å²) in [5.74, 6) is 0.195. The van der Waals surface area contributed by atoms with Gasteiger partial charge in [0, 0.05) is 17.4 Å². The summed E-state index contributed by atoms with van der Waals surface area (Å²) in [4.78, 5) is 12.3. The molecule has 1 aromatic heterocycles. The van der Waals surface area contributed by atoms with Crippen LogP contribution in [0.25, 0.3) is 11.5 Å². The fourth-order valence-electron chi connectivity index (χ4n) is 2.15. The van der Waals surface area contributed by atoms with E-state index in [1.54, 1.807) is 0 Å². The first-order valence-electron chi connectivity index (χ1n) is 7.39. The number of hydrogen-bond acceptors (Lipinski definition) is 6. The molecule has 1 heterocycles. The van der Waals surface area contributed by atoms with Crippen molar-refractivity contribution in [3.05, 3.63) is 66.1 Å². The van der Waals surface area contributed by atoms with Crippen LogP contribution in [-0.4, -0.2) is 30.8 Å². The van der Waals surface area contributed by atoms with Crippen LogP contribution in [0, 0.1) is 0 Å². The Kier molecular flexibility index (Phi) is 4.62. The topological polar surface area (TPSA) is 102 Å². The average Bonchev–Trinajstić information content (AvgIpc) is 3.09. The number of nitrogens with zero attached hydrogens (tertiary/aromatic N) is 2. The first kappa shape index (κ1) is 16.8. The minimum absolute atomic E-state index is 0.0434. The van der Waals surface area contributed by atoms with Crippen LogP contribution in [0.4, 0.5) is 0 Å². The fraction of sp³-hybridized carbons (Fsp3) is 0.118. The lowest BCUT2D eigenvalue weighted by atomic mass is 10.2. The van der Waals surface area contributed by atoms with Gasteiger partial charge in [0.2, 0.25) is 11.8 Å². The second-order valence-corrected chi connectivity index (χ2v) is 7.37. The van der Waals surface area contributed by atoms with E-state index in [2.05, 4.69) is 15.5 Å². The van der Waals surface area contributed by atoms with E-state index in [0.717, 1.165) is 11.8 Å². The molecule has 0 spiro atoms. The third-order valence-corrected chi connectivity index (χ3v) is 4.52. The highest BCUT2D eigenvalue weighted by Crippen LogP contribution is 2.17. The van der Waals surface area contributed by atoms with Crippen LogP contribution in [0.3, 0.4) is 0 Å². The number of nitrogens with one attached hydrogen (secondary N) is 1. The zero-order valence-electron chi connectivity index (χ0n) is 13.3. The normalized spacial score (nSPS) is 11.2. The quantitative estimate of drug-likeness (QED) is 0.750. The zero-order chi connectivity index (χ0) is 17.9. The Bertz CT molecular complexity index is 997. The van der Waals surface area contributed by atoms with Crippen molar-refractivity contribution < 1.29 is 17.6 Å². The lowest BCUT2D eigenvalue weighted by Gasteiger charge is -2.04. The molecule has 0 unspecified atom stereocenters. The molecule has 0 fully saturated rings. The van der Waals surface area contributed by atoms with Gasteiger partial charge in [-0.1, -0.05) is 24.3 Å². The van der Waals surface area contributed by atoms with Crippen molar-refractivity contribution in [2.24, 2.45) is 0 Å². The molecule has 1 amide bonds. The number of hydrogen-bond donors (Lipinski definition) is 1. The number of aromatic nitrogens is 2. The number of amides is 1. The molecule has 1 N–H and O–H groups in total. The molecule has 0 aliphatic rings. The minimum atomic E-state index is -3.37. The van der Waals surface area contributed by atoms with E-state index < -0.39 is 15.7 Å².